The lowest BCUT2D eigenvalue weighted by atomic mass is 10.0. The summed E-state index contributed by atoms with van der Waals surface area (Å²) in [5, 5.41) is 2.74. The molecule has 17 heavy (non-hydrogen) atoms. The second kappa shape index (κ2) is 5.31. The van der Waals surface area contributed by atoms with E-state index in [1.54, 1.807) is 7.05 Å². The standard InChI is InChI=1S/C12H20N4O/c1-9-7-14-11(15-9)8-16-6-4-3-5-10(16)12(17)13-2/h7,10H,3-6,8H2,1-2H3,(H,13,17)(H,14,15). The van der Waals surface area contributed by atoms with Crippen molar-refractivity contribution in [1.29, 1.82) is 0 Å². The molecule has 0 bridgehead atoms. The molecule has 0 aromatic carbocycles. The van der Waals surface area contributed by atoms with E-state index in [0.29, 0.717) is 0 Å². The van der Waals surface area contributed by atoms with E-state index in [9.17, 15) is 4.79 Å². The normalized spacial score (nSPS) is 21.4. The van der Waals surface area contributed by atoms with Crippen molar-refractivity contribution in [2.75, 3.05) is 13.6 Å². The van der Waals surface area contributed by atoms with Gasteiger partial charge in [0.05, 0.1) is 12.6 Å². The van der Waals surface area contributed by atoms with Crippen molar-refractivity contribution in [3.8, 4) is 0 Å². The molecular weight excluding hydrogens is 216 g/mol. The lowest BCUT2D eigenvalue weighted by molar-refractivity contribution is -0.127. The molecule has 94 valence electrons. The molecule has 0 spiro atoms. The smallest absolute Gasteiger partial charge is 0.237 e. The molecule has 1 aliphatic heterocycles. The fourth-order valence-corrected chi connectivity index (χ4v) is 2.38. The van der Waals surface area contributed by atoms with Crippen molar-refractivity contribution < 1.29 is 4.79 Å². The van der Waals surface area contributed by atoms with E-state index in [2.05, 4.69) is 20.2 Å². The largest absolute Gasteiger partial charge is 0.358 e. The van der Waals surface area contributed by atoms with Gasteiger partial charge in [-0.1, -0.05) is 6.42 Å². The maximum atomic E-state index is 11.8. The third-order valence-corrected chi connectivity index (χ3v) is 3.27. The van der Waals surface area contributed by atoms with Crippen LogP contribution in [0.2, 0.25) is 0 Å². The van der Waals surface area contributed by atoms with Gasteiger partial charge in [0, 0.05) is 18.9 Å². The molecule has 1 saturated heterocycles. The number of hydrogen-bond acceptors (Lipinski definition) is 3. The number of H-pyrrole nitrogens is 1. The summed E-state index contributed by atoms with van der Waals surface area (Å²) >= 11 is 0. The molecule has 1 aliphatic rings. The minimum atomic E-state index is -0.000781. The van der Waals surface area contributed by atoms with Gasteiger partial charge in [-0.05, 0) is 26.3 Å². The fourth-order valence-electron chi connectivity index (χ4n) is 2.38. The van der Waals surface area contributed by atoms with Crippen LogP contribution in [0.3, 0.4) is 0 Å². The van der Waals surface area contributed by atoms with Crippen molar-refractivity contribution in [1.82, 2.24) is 20.2 Å². The minimum Gasteiger partial charge on any atom is -0.358 e. The molecular formula is C12H20N4O. The van der Waals surface area contributed by atoms with Crippen molar-refractivity contribution in [2.24, 2.45) is 0 Å². The molecule has 2 N–H and O–H groups in total. The van der Waals surface area contributed by atoms with E-state index < -0.39 is 0 Å². The van der Waals surface area contributed by atoms with Gasteiger partial charge in [-0.25, -0.2) is 4.98 Å². The second-order valence-corrected chi connectivity index (χ2v) is 4.61. The molecule has 0 radical (unpaired) electrons. The van der Waals surface area contributed by atoms with Gasteiger partial charge in [-0.2, -0.15) is 0 Å². The molecule has 1 amide bonds. The topological polar surface area (TPSA) is 61.0 Å². The maximum absolute atomic E-state index is 11.8. The van der Waals surface area contributed by atoms with Crippen molar-refractivity contribution in [3.63, 3.8) is 0 Å². The Morgan fingerprint density at radius 3 is 3.12 bits per heavy atom. The lowest BCUT2D eigenvalue weighted by Crippen LogP contribution is -2.48. The Morgan fingerprint density at radius 2 is 2.47 bits per heavy atom. The summed E-state index contributed by atoms with van der Waals surface area (Å²) in [6.45, 7) is 3.69. The van der Waals surface area contributed by atoms with Crippen LogP contribution in [0.15, 0.2) is 6.20 Å². The number of aromatic nitrogens is 2. The SMILES string of the molecule is CNC(=O)C1CCCCN1Cc1ncc(C)[nH]1. The number of piperidine rings is 1. The van der Waals surface area contributed by atoms with E-state index in [1.807, 2.05) is 13.1 Å². The predicted octanol–water partition coefficient (Wildman–Crippen LogP) is 0.819. The summed E-state index contributed by atoms with van der Waals surface area (Å²) in [5.74, 6) is 1.06. The summed E-state index contributed by atoms with van der Waals surface area (Å²) in [4.78, 5) is 21.5. The number of rotatable bonds is 3. The Labute approximate surface area is 102 Å². The highest BCUT2D eigenvalue weighted by Crippen LogP contribution is 2.18. The van der Waals surface area contributed by atoms with E-state index in [1.165, 1.54) is 0 Å². The number of nitrogens with one attached hydrogen (secondary N) is 2. The van der Waals surface area contributed by atoms with Gasteiger partial charge in [0.15, 0.2) is 0 Å². The van der Waals surface area contributed by atoms with Crippen LogP contribution < -0.4 is 5.32 Å². The van der Waals surface area contributed by atoms with E-state index in [0.717, 1.165) is 43.9 Å². The molecule has 1 aromatic rings. The van der Waals surface area contributed by atoms with Crippen LogP contribution in [0.1, 0.15) is 30.8 Å². The third-order valence-electron chi connectivity index (χ3n) is 3.27. The van der Waals surface area contributed by atoms with E-state index >= 15 is 0 Å². The van der Waals surface area contributed by atoms with Crippen molar-refractivity contribution in [2.45, 2.75) is 38.8 Å². The predicted molar refractivity (Wildman–Crippen MR) is 65.4 cm³/mol. The monoisotopic (exact) mass is 236 g/mol. The Morgan fingerprint density at radius 1 is 1.65 bits per heavy atom. The second-order valence-electron chi connectivity index (χ2n) is 4.61. The zero-order valence-corrected chi connectivity index (χ0v) is 10.5. The Hall–Kier alpha value is -1.36. The first kappa shape index (κ1) is 12.1. The Bertz CT molecular complexity index is 388. The average molecular weight is 236 g/mol. The molecule has 5 heteroatoms. The maximum Gasteiger partial charge on any atom is 0.237 e. The van der Waals surface area contributed by atoms with E-state index in [-0.39, 0.29) is 11.9 Å². The van der Waals surface area contributed by atoms with Crippen LogP contribution in [0.5, 0.6) is 0 Å². The first-order chi connectivity index (χ1) is 8.20. The number of aromatic amines is 1. The Balaban J connectivity index is 2.03. The lowest BCUT2D eigenvalue weighted by Gasteiger charge is -2.33. The summed E-state index contributed by atoms with van der Waals surface area (Å²) in [6, 6.07) is -0.000781. The van der Waals surface area contributed by atoms with E-state index in [4.69, 9.17) is 0 Å². The molecule has 1 atom stereocenters. The summed E-state index contributed by atoms with van der Waals surface area (Å²) < 4.78 is 0. The first-order valence-electron chi connectivity index (χ1n) is 6.17. The molecule has 2 heterocycles. The molecule has 2 rings (SSSR count). The van der Waals surface area contributed by atoms with Gasteiger partial charge in [0.1, 0.15) is 5.82 Å². The molecule has 5 nitrogen and oxygen atoms in total. The number of carbonyl (C=O) groups is 1. The number of nitrogens with zero attached hydrogens (tertiary/aromatic N) is 2. The number of likely N-dealkylation sites (N-methyl/N-ethyl adjacent to an activating group) is 1. The number of imidazole rings is 1. The Kier molecular flexibility index (Phi) is 3.78. The molecule has 1 unspecified atom stereocenters. The van der Waals surface area contributed by atoms with Crippen LogP contribution in [-0.4, -0.2) is 40.4 Å². The van der Waals surface area contributed by atoms with Gasteiger partial charge in [-0.3, -0.25) is 9.69 Å². The average Bonchev–Trinajstić information content (AvgIpc) is 2.74. The summed E-state index contributed by atoms with van der Waals surface area (Å²) in [7, 11) is 1.70. The van der Waals surface area contributed by atoms with Crippen LogP contribution in [0.25, 0.3) is 0 Å². The van der Waals surface area contributed by atoms with Gasteiger partial charge >= 0.3 is 0 Å². The van der Waals surface area contributed by atoms with Crippen LogP contribution in [0, 0.1) is 6.92 Å². The number of aryl methyl sites for hydroxylation is 1. The zero-order chi connectivity index (χ0) is 12.3. The zero-order valence-electron chi connectivity index (χ0n) is 10.5. The van der Waals surface area contributed by atoms with Crippen LogP contribution in [-0.2, 0) is 11.3 Å². The quantitative estimate of drug-likeness (QED) is 0.816. The van der Waals surface area contributed by atoms with Crippen molar-refractivity contribution >= 4 is 5.91 Å². The van der Waals surface area contributed by atoms with Gasteiger partial charge < -0.3 is 10.3 Å². The highest BCUT2D eigenvalue weighted by molar-refractivity contribution is 5.81. The molecule has 0 aliphatic carbocycles. The number of hydrogen-bond donors (Lipinski definition) is 2. The number of likely N-dealkylation sites (tertiary alicyclic amines) is 1. The van der Waals surface area contributed by atoms with Crippen LogP contribution in [0.4, 0.5) is 0 Å². The first-order valence-corrected chi connectivity index (χ1v) is 6.17. The fraction of sp³-hybridized carbons (Fsp3) is 0.667. The van der Waals surface area contributed by atoms with Gasteiger partial charge in [0.25, 0.3) is 0 Å². The summed E-state index contributed by atoms with van der Waals surface area (Å²) in [6.07, 6.45) is 5.06. The molecule has 1 aromatic heterocycles. The molecule has 0 saturated carbocycles. The van der Waals surface area contributed by atoms with Crippen molar-refractivity contribution in [3.05, 3.63) is 17.7 Å². The molecule has 1 fully saturated rings. The highest BCUT2D eigenvalue weighted by Gasteiger charge is 2.28. The van der Waals surface area contributed by atoms with Crippen LogP contribution >= 0.6 is 0 Å². The number of amides is 1. The minimum absolute atomic E-state index is 0.000781. The van der Waals surface area contributed by atoms with Gasteiger partial charge in [0.2, 0.25) is 5.91 Å². The van der Waals surface area contributed by atoms with Gasteiger partial charge in [-0.15, -0.1) is 0 Å². The highest BCUT2D eigenvalue weighted by atomic mass is 16.2. The third kappa shape index (κ3) is 2.85. The summed E-state index contributed by atoms with van der Waals surface area (Å²) in [5.41, 5.74) is 1.06. The number of carbonyl (C=O) groups excluding carboxylic acids is 1.